The number of benzene rings is 1. The maximum Gasteiger partial charge on any atom is 0.507 e. The molecular weight excluding hydrogens is 400 g/mol. The number of aryl methyl sites for hydroxylation is 2. The fraction of sp³-hybridized carbons (Fsp3) is 0.308. The lowest BCUT2D eigenvalue weighted by atomic mass is 10.2. The van der Waals surface area contributed by atoms with E-state index in [1.54, 1.807) is 0 Å². The smallest absolute Gasteiger partial charge is 0.421 e. The third kappa shape index (κ3) is 2.35. The highest BCUT2D eigenvalue weighted by Crippen LogP contribution is 2.48. The molecule has 0 radical (unpaired) electrons. The average molecular weight is 408 g/mol. The Labute approximate surface area is 147 Å². The molecule has 4 rings (SSSR count). The van der Waals surface area contributed by atoms with Gasteiger partial charge in [-0.3, -0.25) is 0 Å². The van der Waals surface area contributed by atoms with Gasteiger partial charge in [0.25, 0.3) is 10.0 Å². The number of nitrogens with zero attached hydrogens (tertiary/aromatic N) is 4. The van der Waals surface area contributed by atoms with Crippen LogP contribution in [0, 0.1) is 13.8 Å². The van der Waals surface area contributed by atoms with Gasteiger partial charge in [-0.2, -0.15) is 26.0 Å². The van der Waals surface area contributed by atoms with Crippen LogP contribution in [0.2, 0.25) is 0 Å². The molecule has 0 fully saturated rings. The van der Waals surface area contributed by atoms with Gasteiger partial charge < -0.3 is 14.0 Å². The average Bonchev–Trinajstić information content (AvgIpc) is 3.09. The monoisotopic (exact) mass is 408 g/mol. The molecule has 144 valence electrons. The first-order valence-electron chi connectivity index (χ1n) is 7.15. The molecule has 3 aromatic rings. The first-order chi connectivity index (χ1) is 12.4. The molecule has 0 atom stereocenters. The third-order valence-corrected chi connectivity index (χ3v) is 5.57. The van der Waals surface area contributed by atoms with Crippen LogP contribution in [0.25, 0.3) is 11.0 Å². The van der Waals surface area contributed by atoms with Crippen molar-refractivity contribution in [1.29, 1.82) is 0 Å². The summed E-state index contributed by atoms with van der Waals surface area (Å²) in [5.41, 5.74) is -0.452. The molecule has 9 nitrogen and oxygen atoms in total. The van der Waals surface area contributed by atoms with E-state index in [2.05, 4.69) is 24.9 Å². The zero-order valence-corrected chi connectivity index (χ0v) is 14.2. The lowest BCUT2D eigenvalue weighted by molar-refractivity contribution is -0.391. The van der Waals surface area contributed by atoms with Crippen molar-refractivity contribution in [3.8, 4) is 11.5 Å². The minimum atomic E-state index is -4.95. The van der Waals surface area contributed by atoms with E-state index in [1.165, 1.54) is 13.8 Å². The van der Waals surface area contributed by atoms with Crippen LogP contribution in [0.1, 0.15) is 11.5 Å². The summed E-state index contributed by atoms with van der Waals surface area (Å²) in [7, 11) is -4.36. The predicted octanol–water partition coefficient (Wildman–Crippen LogP) is 2.23. The molecule has 1 aromatic carbocycles. The number of rotatable bonds is 2. The van der Waals surface area contributed by atoms with Crippen molar-refractivity contribution in [2.75, 3.05) is 0 Å². The number of fused-ring (bicyclic) bond motifs is 2. The van der Waals surface area contributed by atoms with Crippen molar-refractivity contribution in [2.24, 2.45) is 0 Å². The lowest BCUT2D eigenvalue weighted by Crippen LogP contribution is -2.52. The molecule has 0 N–H and O–H groups in total. The van der Waals surface area contributed by atoms with Crippen LogP contribution in [-0.4, -0.2) is 40.2 Å². The molecule has 0 saturated heterocycles. The van der Waals surface area contributed by atoms with Crippen LogP contribution in [0.5, 0.6) is 11.5 Å². The van der Waals surface area contributed by atoms with Gasteiger partial charge in [0.15, 0.2) is 22.2 Å². The van der Waals surface area contributed by atoms with Crippen LogP contribution < -0.4 is 9.47 Å². The second-order valence-corrected chi connectivity index (χ2v) is 7.32. The Kier molecular flexibility index (Phi) is 3.30. The Morgan fingerprint density at radius 3 is 2.19 bits per heavy atom. The number of hydrogen-bond acceptors (Lipinski definition) is 8. The maximum atomic E-state index is 13.4. The highest BCUT2D eigenvalue weighted by Gasteiger charge is 2.66. The molecule has 0 amide bonds. The second kappa shape index (κ2) is 5.09. The summed E-state index contributed by atoms with van der Waals surface area (Å²) in [6.45, 7) is 2.73. The Morgan fingerprint density at radius 2 is 1.63 bits per heavy atom. The molecule has 27 heavy (non-hydrogen) atoms. The topological polar surface area (TPSA) is 109 Å². The first-order valence-corrected chi connectivity index (χ1v) is 8.59. The van der Waals surface area contributed by atoms with E-state index < -0.39 is 33.7 Å². The SMILES string of the molecule is Cc1noc(C)c1S(=O)(=O)n1nnc2cc3c(cc21)OC(F)(F)C(F)(F)O3. The predicted molar refractivity (Wildman–Crippen MR) is 77.2 cm³/mol. The highest BCUT2D eigenvalue weighted by atomic mass is 32.2. The molecule has 0 bridgehead atoms. The van der Waals surface area contributed by atoms with Crippen LogP contribution in [0.15, 0.2) is 21.6 Å². The second-order valence-electron chi connectivity index (χ2n) is 5.62. The normalized spacial score (nSPS) is 18.0. The van der Waals surface area contributed by atoms with Crippen molar-refractivity contribution >= 4 is 21.1 Å². The lowest BCUT2D eigenvalue weighted by Gasteiger charge is -2.31. The minimum absolute atomic E-state index is 0.0279. The molecule has 0 spiro atoms. The van der Waals surface area contributed by atoms with Crippen LogP contribution in [-0.2, 0) is 10.0 Å². The third-order valence-electron chi connectivity index (χ3n) is 3.75. The number of aromatic nitrogens is 4. The Bertz CT molecular complexity index is 1170. The summed E-state index contributed by atoms with van der Waals surface area (Å²) in [4.78, 5) is -0.291. The Morgan fingerprint density at radius 1 is 1.04 bits per heavy atom. The Hall–Kier alpha value is -2.90. The number of hydrogen-bond donors (Lipinski definition) is 0. The quantitative estimate of drug-likeness (QED) is 0.594. The summed E-state index contributed by atoms with van der Waals surface area (Å²) in [5, 5.41) is 10.6. The van der Waals surface area contributed by atoms with Crippen molar-refractivity contribution in [3.63, 3.8) is 0 Å². The van der Waals surface area contributed by atoms with Gasteiger partial charge in [-0.1, -0.05) is 10.4 Å². The van der Waals surface area contributed by atoms with Gasteiger partial charge in [-0.15, -0.1) is 9.19 Å². The van der Waals surface area contributed by atoms with Gasteiger partial charge in [0.2, 0.25) is 0 Å². The molecule has 0 unspecified atom stereocenters. The van der Waals surface area contributed by atoms with Gasteiger partial charge in [0.1, 0.15) is 16.7 Å². The van der Waals surface area contributed by atoms with Crippen molar-refractivity contribution in [3.05, 3.63) is 23.6 Å². The molecule has 0 aliphatic carbocycles. The fourth-order valence-electron chi connectivity index (χ4n) is 2.57. The van der Waals surface area contributed by atoms with Crippen LogP contribution in [0.4, 0.5) is 17.6 Å². The first kappa shape index (κ1) is 17.5. The van der Waals surface area contributed by atoms with Gasteiger partial charge in [-0.05, 0) is 13.8 Å². The zero-order chi connectivity index (χ0) is 19.8. The molecule has 1 aliphatic rings. The minimum Gasteiger partial charge on any atom is -0.421 e. The molecular formula is C13H8F4N4O5S. The van der Waals surface area contributed by atoms with Gasteiger partial charge in [0, 0.05) is 12.1 Å². The molecule has 14 heteroatoms. The largest absolute Gasteiger partial charge is 0.507 e. The van der Waals surface area contributed by atoms with E-state index in [0.717, 1.165) is 12.1 Å². The summed E-state index contributed by atoms with van der Waals surface area (Å²) in [6.07, 6.45) is -9.86. The Balaban J connectivity index is 1.92. The molecule has 3 heterocycles. The van der Waals surface area contributed by atoms with Gasteiger partial charge >= 0.3 is 12.2 Å². The number of halogens is 4. The summed E-state index contributed by atoms with van der Waals surface area (Å²) >= 11 is 0. The van der Waals surface area contributed by atoms with Crippen molar-refractivity contribution in [1.82, 2.24) is 19.6 Å². The molecule has 1 aliphatic heterocycles. The van der Waals surface area contributed by atoms with E-state index in [0.29, 0.717) is 4.09 Å². The maximum absolute atomic E-state index is 13.4. The molecule has 0 saturated carbocycles. The standard InChI is InChI=1S/C13H8F4N4O5S/c1-5-11(6(2)26-19-5)27(22,23)21-8-4-10-9(3-7(8)18-20-21)24-12(14,15)13(16,17)25-10/h3-4H,1-2H3. The van der Waals surface area contributed by atoms with Gasteiger partial charge in [0.05, 0.1) is 0 Å². The van der Waals surface area contributed by atoms with Crippen molar-refractivity contribution in [2.45, 2.75) is 31.0 Å². The van der Waals surface area contributed by atoms with Gasteiger partial charge in [-0.25, -0.2) is 0 Å². The van der Waals surface area contributed by atoms with Crippen molar-refractivity contribution < 1.29 is 40.0 Å². The number of alkyl halides is 4. The van der Waals surface area contributed by atoms with Crippen LogP contribution in [0.3, 0.4) is 0 Å². The van der Waals surface area contributed by atoms with E-state index in [9.17, 15) is 26.0 Å². The summed E-state index contributed by atoms with van der Waals surface area (Å²) < 4.78 is 92.2. The van der Waals surface area contributed by atoms with E-state index in [1.807, 2.05) is 0 Å². The summed E-state index contributed by atoms with van der Waals surface area (Å²) in [6, 6.07) is 1.59. The summed E-state index contributed by atoms with van der Waals surface area (Å²) in [5.74, 6) is -1.56. The zero-order valence-electron chi connectivity index (χ0n) is 13.4. The van der Waals surface area contributed by atoms with Crippen LogP contribution >= 0.6 is 0 Å². The molecule has 2 aromatic heterocycles. The van der Waals surface area contributed by atoms with E-state index in [4.69, 9.17) is 4.52 Å². The number of ether oxygens (including phenoxy) is 2. The fourth-order valence-corrected chi connectivity index (χ4v) is 4.09. The van der Waals surface area contributed by atoms with E-state index >= 15 is 0 Å². The highest BCUT2D eigenvalue weighted by molar-refractivity contribution is 7.90. The van der Waals surface area contributed by atoms with E-state index in [-0.39, 0.29) is 27.4 Å².